The van der Waals surface area contributed by atoms with E-state index in [-0.39, 0.29) is 6.10 Å². The largest absolute Gasteiger partial charge is 0.374 e. The molecule has 0 aliphatic carbocycles. The van der Waals surface area contributed by atoms with Crippen LogP contribution in [0.15, 0.2) is 24.3 Å². The van der Waals surface area contributed by atoms with Gasteiger partial charge in [0.05, 0.1) is 24.0 Å². The summed E-state index contributed by atoms with van der Waals surface area (Å²) in [7, 11) is 1.95. The van der Waals surface area contributed by atoms with Gasteiger partial charge in [-0.3, -0.25) is 0 Å². The van der Waals surface area contributed by atoms with Crippen molar-refractivity contribution in [3.05, 3.63) is 29.8 Å². The summed E-state index contributed by atoms with van der Waals surface area (Å²) in [6.07, 6.45) is 1.25. The van der Waals surface area contributed by atoms with E-state index in [2.05, 4.69) is 16.3 Å². The van der Waals surface area contributed by atoms with Crippen LogP contribution in [0.5, 0.6) is 0 Å². The maximum Gasteiger partial charge on any atom is 0.101 e. The minimum absolute atomic E-state index is 0.248. The number of para-hydroxylation sites is 1. The number of hydrogen-bond acceptors (Lipinski definition) is 4. The Kier molecular flexibility index (Phi) is 4.57. The molecule has 1 atom stereocenters. The Labute approximate surface area is 108 Å². The van der Waals surface area contributed by atoms with Gasteiger partial charge in [0.25, 0.3) is 0 Å². The molecule has 1 aromatic carbocycles. The topological polar surface area (TPSA) is 48.3 Å². The third-order valence-corrected chi connectivity index (χ3v) is 3.22. The smallest absolute Gasteiger partial charge is 0.101 e. The number of benzene rings is 1. The zero-order valence-corrected chi connectivity index (χ0v) is 10.7. The van der Waals surface area contributed by atoms with Gasteiger partial charge in [0, 0.05) is 13.1 Å². The van der Waals surface area contributed by atoms with Crippen molar-refractivity contribution in [2.24, 2.45) is 0 Å². The van der Waals surface area contributed by atoms with Crippen LogP contribution in [0.2, 0.25) is 0 Å². The van der Waals surface area contributed by atoms with E-state index in [4.69, 9.17) is 10.00 Å². The minimum atomic E-state index is 0.248. The number of ether oxygens (including phenoxy) is 1. The van der Waals surface area contributed by atoms with Crippen molar-refractivity contribution in [1.82, 2.24) is 5.32 Å². The van der Waals surface area contributed by atoms with Crippen molar-refractivity contribution in [2.45, 2.75) is 12.5 Å². The van der Waals surface area contributed by atoms with Crippen LogP contribution in [0.4, 0.5) is 5.69 Å². The maximum atomic E-state index is 9.14. The van der Waals surface area contributed by atoms with Gasteiger partial charge in [0.1, 0.15) is 6.07 Å². The lowest BCUT2D eigenvalue weighted by atomic mass is 10.1. The normalized spacial score (nSPS) is 19.6. The first-order valence-corrected chi connectivity index (χ1v) is 6.35. The summed E-state index contributed by atoms with van der Waals surface area (Å²) >= 11 is 0. The van der Waals surface area contributed by atoms with E-state index in [9.17, 15) is 0 Å². The Balaban J connectivity index is 2.06. The molecule has 1 aliphatic rings. The molecule has 2 rings (SSSR count). The number of morpholine rings is 1. The first-order chi connectivity index (χ1) is 8.85. The van der Waals surface area contributed by atoms with E-state index in [1.165, 1.54) is 0 Å². The van der Waals surface area contributed by atoms with Crippen LogP contribution >= 0.6 is 0 Å². The van der Waals surface area contributed by atoms with E-state index in [0.717, 1.165) is 43.9 Å². The summed E-state index contributed by atoms with van der Waals surface area (Å²) in [4.78, 5) is 2.25. The lowest BCUT2D eigenvalue weighted by Crippen LogP contribution is -2.43. The quantitative estimate of drug-likeness (QED) is 0.870. The third-order valence-electron chi connectivity index (χ3n) is 3.22. The highest BCUT2D eigenvalue weighted by Gasteiger charge is 2.21. The fraction of sp³-hybridized carbons (Fsp3) is 0.500. The van der Waals surface area contributed by atoms with Crippen molar-refractivity contribution in [3.8, 4) is 6.07 Å². The Bertz CT molecular complexity index is 427. The van der Waals surface area contributed by atoms with Gasteiger partial charge in [-0.2, -0.15) is 5.26 Å². The van der Waals surface area contributed by atoms with Gasteiger partial charge >= 0.3 is 0 Å². The summed E-state index contributed by atoms with van der Waals surface area (Å²) in [6, 6.07) is 10.0. The molecule has 0 bridgehead atoms. The van der Waals surface area contributed by atoms with Gasteiger partial charge < -0.3 is 15.0 Å². The Morgan fingerprint density at radius 2 is 2.33 bits per heavy atom. The SMILES string of the molecule is CNCCC1CN(c2ccccc2C#N)CCO1. The molecule has 1 fully saturated rings. The second-order valence-electron chi connectivity index (χ2n) is 4.46. The molecule has 0 saturated carbocycles. The second-order valence-corrected chi connectivity index (χ2v) is 4.46. The number of anilines is 1. The Morgan fingerprint density at radius 1 is 1.50 bits per heavy atom. The van der Waals surface area contributed by atoms with Crippen LogP contribution in [0, 0.1) is 11.3 Å². The van der Waals surface area contributed by atoms with Crippen molar-refractivity contribution < 1.29 is 4.74 Å². The number of rotatable bonds is 4. The Hall–Kier alpha value is -1.57. The van der Waals surface area contributed by atoms with Gasteiger partial charge in [-0.25, -0.2) is 0 Å². The summed E-state index contributed by atoms with van der Waals surface area (Å²) in [6.45, 7) is 3.40. The van der Waals surface area contributed by atoms with Crippen molar-refractivity contribution >= 4 is 5.69 Å². The van der Waals surface area contributed by atoms with Crippen molar-refractivity contribution in [3.63, 3.8) is 0 Å². The second kappa shape index (κ2) is 6.39. The molecular formula is C14H19N3O. The van der Waals surface area contributed by atoms with Crippen molar-refractivity contribution in [1.29, 1.82) is 5.26 Å². The number of nitrogens with one attached hydrogen (secondary N) is 1. The highest BCUT2D eigenvalue weighted by Crippen LogP contribution is 2.22. The minimum Gasteiger partial charge on any atom is -0.374 e. The van der Waals surface area contributed by atoms with E-state index in [1.807, 2.05) is 31.3 Å². The Morgan fingerprint density at radius 3 is 3.11 bits per heavy atom. The van der Waals surface area contributed by atoms with Gasteiger partial charge in [-0.1, -0.05) is 12.1 Å². The van der Waals surface area contributed by atoms with Crippen molar-refractivity contribution in [2.75, 3.05) is 38.2 Å². The van der Waals surface area contributed by atoms with Crippen LogP contribution < -0.4 is 10.2 Å². The summed E-state index contributed by atoms with van der Waals surface area (Å²) in [5.74, 6) is 0. The molecule has 0 aromatic heterocycles. The van der Waals surface area contributed by atoms with Crippen LogP contribution in [-0.2, 0) is 4.74 Å². The fourth-order valence-electron chi connectivity index (χ4n) is 2.26. The molecule has 4 nitrogen and oxygen atoms in total. The molecule has 0 radical (unpaired) electrons. The molecule has 1 N–H and O–H groups in total. The lowest BCUT2D eigenvalue weighted by Gasteiger charge is -2.35. The molecule has 1 heterocycles. The highest BCUT2D eigenvalue weighted by molar-refractivity contribution is 5.59. The average Bonchev–Trinajstić information content (AvgIpc) is 2.45. The standard InChI is InChI=1S/C14H19N3O/c1-16-7-6-13-11-17(8-9-18-13)14-5-3-2-4-12(14)10-15/h2-5,13,16H,6-9,11H2,1H3. The van der Waals surface area contributed by atoms with Gasteiger partial charge in [0.2, 0.25) is 0 Å². The van der Waals surface area contributed by atoms with Gasteiger partial charge in [0.15, 0.2) is 0 Å². The van der Waals surface area contributed by atoms with Gasteiger partial charge in [-0.05, 0) is 32.1 Å². The number of nitriles is 1. The predicted molar refractivity (Wildman–Crippen MR) is 71.7 cm³/mol. The first-order valence-electron chi connectivity index (χ1n) is 6.35. The molecule has 1 saturated heterocycles. The fourth-order valence-corrected chi connectivity index (χ4v) is 2.26. The van der Waals surface area contributed by atoms with E-state index >= 15 is 0 Å². The molecule has 0 amide bonds. The van der Waals surface area contributed by atoms with E-state index < -0.39 is 0 Å². The number of hydrogen-bond donors (Lipinski definition) is 1. The summed E-state index contributed by atoms with van der Waals surface area (Å²) in [5.41, 5.74) is 1.77. The molecule has 96 valence electrons. The molecule has 1 unspecified atom stereocenters. The molecule has 1 aliphatic heterocycles. The average molecular weight is 245 g/mol. The van der Waals surface area contributed by atoms with E-state index in [0.29, 0.717) is 0 Å². The molecule has 1 aromatic rings. The van der Waals surface area contributed by atoms with Crippen LogP contribution in [0.1, 0.15) is 12.0 Å². The van der Waals surface area contributed by atoms with Crippen LogP contribution in [0.3, 0.4) is 0 Å². The van der Waals surface area contributed by atoms with Crippen LogP contribution in [0.25, 0.3) is 0 Å². The molecule has 18 heavy (non-hydrogen) atoms. The van der Waals surface area contributed by atoms with Crippen LogP contribution in [-0.4, -0.2) is 39.4 Å². The molecule has 4 heteroatoms. The zero-order chi connectivity index (χ0) is 12.8. The highest BCUT2D eigenvalue weighted by atomic mass is 16.5. The number of nitrogens with zero attached hydrogens (tertiary/aromatic N) is 2. The lowest BCUT2D eigenvalue weighted by molar-refractivity contribution is 0.0358. The predicted octanol–water partition coefficient (Wildman–Crippen LogP) is 1.37. The van der Waals surface area contributed by atoms with Gasteiger partial charge in [-0.15, -0.1) is 0 Å². The summed E-state index contributed by atoms with van der Waals surface area (Å²) in [5, 5.41) is 12.3. The maximum absolute atomic E-state index is 9.14. The summed E-state index contributed by atoms with van der Waals surface area (Å²) < 4.78 is 5.74. The molecular weight excluding hydrogens is 226 g/mol. The third kappa shape index (κ3) is 3.00. The van der Waals surface area contributed by atoms with E-state index in [1.54, 1.807) is 0 Å². The first kappa shape index (κ1) is 12.9. The molecule has 0 spiro atoms. The monoisotopic (exact) mass is 245 g/mol. The zero-order valence-electron chi connectivity index (χ0n) is 10.7.